The molecule has 0 radical (unpaired) electrons. The van der Waals surface area contributed by atoms with Gasteiger partial charge in [0, 0.05) is 25.9 Å². The van der Waals surface area contributed by atoms with E-state index in [0.29, 0.717) is 13.0 Å². The van der Waals surface area contributed by atoms with E-state index in [2.05, 4.69) is 9.82 Å². The molecule has 0 amide bonds. The Labute approximate surface area is 118 Å². The molecular weight excluding hydrogens is 278 g/mol. The lowest BCUT2D eigenvalue weighted by Gasteiger charge is -2.04. The normalized spacial score (nSPS) is 11.7. The van der Waals surface area contributed by atoms with Gasteiger partial charge in [-0.2, -0.15) is 5.10 Å². The van der Waals surface area contributed by atoms with Gasteiger partial charge in [-0.15, -0.1) is 0 Å². The molecule has 0 unspecified atom stereocenters. The molecule has 20 heavy (non-hydrogen) atoms. The number of nitrogens with zero attached hydrogens (tertiary/aromatic N) is 2. The van der Waals surface area contributed by atoms with Crippen LogP contribution in [0.5, 0.6) is 0 Å². The number of benzene rings is 1. The van der Waals surface area contributed by atoms with Crippen LogP contribution in [0.4, 0.5) is 0 Å². The van der Waals surface area contributed by atoms with Gasteiger partial charge in [-0.3, -0.25) is 4.68 Å². The molecule has 6 nitrogen and oxygen atoms in total. The van der Waals surface area contributed by atoms with E-state index in [1.165, 1.54) is 17.1 Å². The summed E-state index contributed by atoms with van der Waals surface area (Å²) in [6.45, 7) is 0.782. The molecule has 2 aromatic rings. The van der Waals surface area contributed by atoms with Crippen LogP contribution in [0.1, 0.15) is 12.0 Å². The highest BCUT2D eigenvalue weighted by atomic mass is 32.2. The third-order valence-corrected chi connectivity index (χ3v) is 4.13. The summed E-state index contributed by atoms with van der Waals surface area (Å²) in [5.74, 6) is 0. The quantitative estimate of drug-likeness (QED) is 0.789. The Morgan fingerprint density at radius 3 is 2.70 bits per heavy atom. The van der Waals surface area contributed by atoms with Crippen LogP contribution < -0.4 is 4.72 Å². The summed E-state index contributed by atoms with van der Waals surface area (Å²) in [5.41, 5.74) is 0.892. The van der Waals surface area contributed by atoms with Crippen LogP contribution in [0.15, 0.2) is 47.6 Å². The lowest BCUT2D eigenvalue weighted by molar-refractivity contribution is 0.277. The van der Waals surface area contributed by atoms with E-state index in [0.717, 1.165) is 5.56 Å². The maximum atomic E-state index is 12.1. The van der Waals surface area contributed by atoms with E-state index >= 15 is 0 Å². The first-order valence-electron chi connectivity index (χ1n) is 6.29. The summed E-state index contributed by atoms with van der Waals surface area (Å²) in [4.78, 5) is 0.131. The van der Waals surface area contributed by atoms with Gasteiger partial charge in [0.1, 0.15) is 4.90 Å². The van der Waals surface area contributed by atoms with Crippen LogP contribution in [0.2, 0.25) is 0 Å². The number of sulfonamides is 1. The second-order valence-electron chi connectivity index (χ2n) is 4.33. The van der Waals surface area contributed by atoms with Crippen molar-refractivity contribution in [2.24, 2.45) is 0 Å². The second kappa shape index (κ2) is 6.65. The zero-order chi connectivity index (χ0) is 14.4. The molecule has 1 heterocycles. The van der Waals surface area contributed by atoms with Gasteiger partial charge in [-0.05, 0) is 12.0 Å². The lowest BCUT2D eigenvalue weighted by atomic mass is 10.2. The molecule has 108 valence electrons. The van der Waals surface area contributed by atoms with E-state index < -0.39 is 10.0 Å². The third kappa shape index (κ3) is 3.89. The van der Waals surface area contributed by atoms with Gasteiger partial charge in [0.2, 0.25) is 10.0 Å². The number of aliphatic hydroxyl groups excluding tert-OH is 1. The minimum atomic E-state index is -3.56. The molecule has 1 aromatic heterocycles. The predicted molar refractivity (Wildman–Crippen MR) is 74.4 cm³/mol. The van der Waals surface area contributed by atoms with E-state index in [-0.39, 0.29) is 18.0 Å². The van der Waals surface area contributed by atoms with Gasteiger partial charge in [-0.25, -0.2) is 13.1 Å². The largest absolute Gasteiger partial charge is 0.396 e. The van der Waals surface area contributed by atoms with Crippen molar-refractivity contribution in [3.63, 3.8) is 0 Å². The molecule has 0 bridgehead atoms. The summed E-state index contributed by atoms with van der Waals surface area (Å²) in [6.07, 6.45) is 3.31. The molecular formula is C13H17N3O3S. The van der Waals surface area contributed by atoms with Crippen LogP contribution >= 0.6 is 0 Å². The number of rotatable bonds is 7. The van der Waals surface area contributed by atoms with Crippen LogP contribution in [-0.4, -0.2) is 29.9 Å². The van der Waals surface area contributed by atoms with Gasteiger partial charge in [0.25, 0.3) is 0 Å². The van der Waals surface area contributed by atoms with Crippen LogP contribution in [0, 0.1) is 0 Å². The third-order valence-electron chi connectivity index (χ3n) is 2.77. The molecule has 0 fully saturated rings. The van der Waals surface area contributed by atoms with Crippen molar-refractivity contribution in [2.45, 2.75) is 24.4 Å². The predicted octanol–water partition coefficient (Wildman–Crippen LogP) is 0.744. The number of aliphatic hydroxyl groups is 1. The van der Waals surface area contributed by atoms with Crippen LogP contribution in [-0.2, 0) is 23.1 Å². The fourth-order valence-corrected chi connectivity index (χ4v) is 2.67. The molecule has 0 saturated carbocycles. The summed E-state index contributed by atoms with van der Waals surface area (Å²) < 4.78 is 28.2. The van der Waals surface area contributed by atoms with Crippen molar-refractivity contribution in [2.75, 3.05) is 6.61 Å². The fraction of sp³-hybridized carbons (Fsp3) is 0.308. The molecule has 0 aliphatic heterocycles. The Bertz CT molecular complexity index is 638. The number of aryl methyl sites for hydroxylation is 1. The Hall–Kier alpha value is -1.70. The average Bonchev–Trinajstić information content (AvgIpc) is 2.94. The van der Waals surface area contributed by atoms with Crippen molar-refractivity contribution in [3.8, 4) is 0 Å². The zero-order valence-corrected chi connectivity index (χ0v) is 11.8. The molecule has 2 N–H and O–H groups in total. The van der Waals surface area contributed by atoms with E-state index in [1.807, 2.05) is 30.3 Å². The summed E-state index contributed by atoms with van der Waals surface area (Å²) >= 11 is 0. The Morgan fingerprint density at radius 1 is 1.25 bits per heavy atom. The van der Waals surface area contributed by atoms with Gasteiger partial charge in [-0.1, -0.05) is 30.3 Å². The van der Waals surface area contributed by atoms with Crippen LogP contribution in [0.3, 0.4) is 0 Å². The van der Waals surface area contributed by atoms with Crippen molar-refractivity contribution in [3.05, 3.63) is 48.3 Å². The maximum Gasteiger partial charge on any atom is 0.243 e. The molecule has 0 aliphatic carbocycles. The maximum absolute atomic E-state index is 12.1. The summed E-state index contributed by atoms with van der Waals surface area (Å²) in [5, 5.41) is 12.7. The van der Waals surface area contributed by atoms with Gasteiger partial charge in [0.05, 0.1) is 6.20 Å². The highest BCUT2D eigenvalue weighted by Gasteiger charge is 2.15. The van der Waals surface area contributed by atoms with E-state index in [9.17, 15) is 8.42 Å². The topological polar surface area (TPSA) is 84.2 Å². The molecule has 2 rings (SSSR count). The van der Waals surface area contributed by atoms with Crippen molar-refractivity contribution >= 4 is 10.0 Å². The standard InChI is InChI=1S/C13H17N3O3S/c17-8-4-7-16-11-13(10-14-16)20(18,19)15-9-12-5-2-1-3-6-12/h1-3,5-6,10-11,15,17H,4,7-9H2. The first kappa shape index (κ1) is 14.7. The number of hydrogen-bond acceptors (Lipinski definition) is 4. The highest BCUT2D eigenvalue weighted by molar-refractivity contribution is 7.89. The van der Waals surface area contributed by atoms with Crippen molar-refractivity contribution in [1.82, 2.24) is 14.5 Å². The van der Waals surface area contributed by atoms with Crippen molar-refractivity contribution in [1.29, 1.82) is 0 Å². The van der Waals surface area contributed by atoms with E-state index in [4.69, 9.17) is 5.11 Å². The molecule has 0 atom stereocenters. The smallest absolute Gasteiger partial charge is 0.243 e. The highest BCUT2D eigenvalue weighted by Crippen LogP contribution is 2.08. The monoisotopic (exact) mass is 295 g/mol. The Balaban J connectivity index is 2.01. The first-order valence-corrected chi connectivity index (χ1v) is 7.77. The van der Waals surface area contributed by atoms with Crippen LogP contribution in [0.25, 0.3) is 0 Å². The SMILES string of the molecule is O=S(=O)(NCc1ccccc1)c1cnn(CCCO)c1. The fourth-order valence-electron chi connectivity index (χ4n) is 1.70. The molecule has 7 heteroatoms. The summed E-state index contributed by atoms with van der Waals surface area (Å²) in [6, 6.07) is 9.30. The van der Waals surface area contributed by atoms with Gasteiger partial charge in [0.15, 0.2) is 0 Å². The summed E-state index contributed by atoms with van der Waals surface area (Å²) in [7, 11) is -3.56. The lowest BCUT2D eigenvalue weighted by Crippen LogP contribution is -2.22. The second-order valence-corrected chi connectivity index (χ2v) is 6.09. The van der Waals surface area contributed by atoms with Crippen molar-refractivity contribution < 1.29 is 13.5 Å². The minimum Gasteiger partial charge on any atom is -0.396 e. The molecule has 0 aliphatic rings. The average molecular weight is 295 g/mol. The first-order chi connectivity index (χ1) is 9.62. The van der Waals surface area contributed by atoms with Gasteiger partial charge < -0.3 is 5.11 Å². The molecule has 1 aromatic carbocycles. The molecule has 0 saturated heterocycles. The number of hydrogen-bond donors (Lipinski definition) is 2. The zero-order valence-electron chi connectivity index (χ0n) is 10.9. The van der Waals surface area contributed by atoms with Gasteiger partial charge >= 0.3 is 0 Å². The number of nitrogens with one attached hydrogen (secondary N) is 1. The number of aromatic nitrogens is 2. The molecule has 0 spiro atoms. The van der Waals surface area contributed by atoms with E-state index in [1.54, 1.807) is 0 Å². The minimum absolute atomic E-state index is 0.0498. The Morgan fingerprint density at radius 2 is 2.00 bits per heavy atom. The Kier molecular flexibility index (Phi) is 4.89.